The van der Waals surface area contributed by atoms with Crippen LogP contribution in [0.1, 0.15) is 43.6 Å². The van der Waals surface area contributed by atoms with Crippen LogP contribution < -0.4 is 20.2 Å². The van der Waals surface area contributed by atoms with E-state index in [1.165, 1.54) is 6.21 Å². The van der Waals surface area contributed by atoms with Crippen molar-refractivity contribution in [2.75, 3.05) is 13.7 Å². The van der Waals surface area contributed by atoms with Gasteiger partial charge in [-0.25, -0.2) is 10.2 Å². The lowest BCUT2D eigenvalue weighted by Gasteiger charge is -2.20. The molecule has 2 atom stereocenters. The Labute approximate surface area is 199 Å². The van der Waals surface area contributed by atoms with E-state index in [4.69, 9.17) is 14.2 Å². The van der Waals surface area contributed by atoms with Crippen LogP contribution in [0, 0.1) is 5.92 Å². The zero-order valence-electron chi connectivity index (χ0n) is 20.0. The van der Waals surface area contributed by atoms with Gasteiger partial charge in [-0.05, 0) is 73.9 Å². The molecule has 34 heavy (non-hydrogen) atoms. The Balaban J connectivity index is 1.93. The monoisotopic (exact) mass is 469 g/mol. The summed E-state index contributed by atoms with van der Waals surface area (Å²) >= 11 is 0. The fourth-order valence-electron chi connectivity index (χ4n) is 2.89. The van der Waals surface area contributed by atoms with Crippen molar-refractivity contribution in [1.29, 1.82) is 0 Å². The highest BCUT2D eigenvalue weighted by Gasteiger charge is 2.24. The third kappa shape index (κ3) is 7.91. The molecule has 2 rings (SSSR count). The molecule has 9 nitrogen and oxygen atoms in total. The summed E-state index contributed by atoms with van der Waals surface area (Å²) < 4.78 is 15.5. The lowest BCUT2D eigenvalue weighted by molar-refractivity contribution is -0.150. The summed E-state index contributed by atoms with van der Waals surface area (Å²) in [7, 11) is 1.55. The van der Waals surface area contributed by atoms with Crippen LogP contribution in [0.25, 0.3) is 0 Å². The molecule has 0 aliphatic carbocycles. The van der Waals surface area contributed by atoms with E-state index >= 15 is 0 Å². The summed E-state index contributed by atoms with van der Waals surface area (Å²) in [5.41, 5.74) is 3.59. The maximum absolute atomic E-state index is 12.6. The molecule has 0 spiro atoms. The summed E-state index contributed by atoms with van der Waals surface area (Å²) in [4.78, 5) is 36.8. The van der Waals surface area contributed by atoms with Gasteiger partial charge in [0.2, 0.25) is 0 Å². The fraction of sp³-hybridized carbons (Fsp3) is 0.360. The Bertz CT molecular complexity index is 987. The van der Waals surface area contributed by atoms with E-state index in [2.05, 4.69) is 15.8 Å². The average Bonchev–Trinajstić information content (AvgIpc) is 2.83. The van der Waals surface area contributed by atoms with Gasteiger partial charge in [0, 0.05) is 5.56 Å². The van der Waals surface area contributed by atoms with Gasteiger partial charge in [-0.1, -0.05) is 13.8 Å². The summed E-state index contributed by atoms with van der Waals surface area (Å²) in [6, 6.07) is 12.7. The molecule has 2 aromatic rings. The minimum atomic E-state index is -0.771. The number of methoxy groups -OCH3 is 1. The Kier molecular flexibility index (Phi) is 10.1. The van der Waals surface area contributed by atoms with Crippen LogP contribution in [0.2, 0.25) is 0 Å². The van der Waals surface area contributed by atoms with Crippen molar-refractivity contribution in [1.82, 2.24) is 10.7 Å². The Hall–Kier alpha value is -3.88. The molecule has 2 N–H and O–H groups in total. The molecule has 9 heteroatoms. The zero-order chi connectivity index (χ0) is 25.1. The first-order chi connectivity index (χ1) is 16.2. The molecule has 0 radical (unpaired) electrons. The number of nitrogens with one attached hydrogen (secondary N) is 2. The highest BCUT2D eigenvalue weighted by molar-refractivity contribution is 5.97. The molecule has 0 aliphatic heterocycles. The minimum Gasteiger partial charge on any atom is -0.497 e. The van der Waals surface area contributed by atoms with Crippen molar-refractivity contribution in [2.24, 2.45) is 11.0 Å². The number of carbonyl (C=O) groups is 3. The normalized spacial score (nSPS) is 12.6. The third-order valence-corrected chi connectivity index (χ3v) is 4.79. The molecule has 0 heterocycles. The van der Waals surface area contributed by atoms with E-state index in [0.717, 1.165) is 0 Å². The van der Waals surface area contributed by atoms with E-state index in [-0.39, 0.29) is 18.4 Å². The predicted octanol–water partition coefficient (Wildman–Crippen LogP) is 2.93. The maximum atomic E-state index is 12.6. The van der Waals surface area contributed by atoms with Crippen LogP contribution >= 0.6 is 0 Å². The minimum absolute atomic E-state index is 0.157. The number of amides is 2. The van der Waals surface area contributed by atoms with E-state index in [1.54, 1.807) is 69.5 Å². The molecule has 0 fully saturated rings. The van der Waals surface area contributed by atoms with E-state index < -0.39 is 24.0 Å². The van der Waals surface area contributed by atoms with Crippen molar-refractivity contribution in [3.05, 3.63) is 59.7 Å². The summed E-state index contributed by atoms with van der Waals surface area (Å²) in [6.45, 7) is 7.30. The van der Waals surface area contributed by atoms with Gasteiger partial charge in [-0.2, -0.15) is 5.10 Å². The Morgan fingerprint density at radius 1 is 0.971 bits per heavy atom. The number of nitrogens with zero attached hydrogens (tertiary/aromatic N) is 1. The molecule has 2 aromatic carbocycles. The largest absolute Gasteiger partial charge is 0.497 e. The molecular weight excluding hydrogens is 438 g/mol. The zero-order valence-corrected chi connectivity index (χ0v) is 20.0. The molecule has 0 aliphatic rings. The first-order valence-electron chi connectivity index (χ1n) is 11.0. The maximum Gasteiger partial charge on any atom is 0.347 e. The van der Waals surface area contributed by atoms with Crippen LogP contribution in [0.4, 0.5) is 0 Å². The standard InChI is InChI=1S/C25H31N3O6/c1-6-33-25(31)17(4)34-21-11-7-18(8-12-21)15-26-28-24(30)22(16(2)3)27-23(29)19-9-13-20(32-5)14-10-19/h7-17,22H,6H2,1-5H3,(H,27,29)(H,28,30). The number of ether oxygens (including phenoxy) is 3. The summed E-state index contributed by atoms with van der Waals surface area (Å²) in [5, 5.41) is 6.73. The number of hydrogen-bond donors (Lipinski definition) is 2. The van der Waals surface area contributed by atoms with E-state index in [9.17, 15) is 14.4 Å². The number of hydrazone groups is 1. The van der Waals surface area contributed by atoms with Gasteiger partial charge < -0.3 is 19.5 Å². The molecule has 0 saturated heterocycles. The molecule has 2 amide bonds. The van der Waals surface area contributed by atoms with Crippen molar-refractivity contribution in [3.8, 4) is 11.5 Å². The first kappa shape index (κ1) is 26.4. The number of benzene rings is 2. The second kappa shape index (κ2) is 13.0. The number of rotatable bonds is 11. The second-order valence-corrected chi connectivity index (χ2v) is 7.74. The van der Waals surface area contributed by atoms with E-state index in [1.807, 2.05) is 13.8 Å². The lowest BCUT2D eigenvalue weighted by Crippen LogP contribution is -2.48. The average molecular weight is 470 g/mol. The van der Waals surface area contributed by atoms with Crippen LogP contribution in [-0.2, 0) is 14.3 Å². The van der Waals surface area contributed by atoms with Crippen molar-refractivity contribution >= 4 is 24.0 Å². The van der Waals surface area contributed by atoms with Gasteiger partial charge in [0.1, 0.15) is 17.5 Å². The lowest BCUT2D eigenvalue weighted by atomic mass is 10.0. The Morgan fingerprint density at radius 2 is 1.59 bits per heavy atom. The summed E-state index contributed by atoms with van der Waals surface area (Å²) in [6.07, 6.45) is 0.749. The number of hydrogen-bond acceptors (Lipinski definition) is 7. The Morgan fingerprint density at radius 3 is 2.15 bits per heavy atom. The van der Waals surface area contributed by atoms with Crippen LogP contribution in [-0.4, -0.2) is 49.9 Å². The van der Waals surface area contributed by atoms with Gasteiger partial charge in [0.25, 0.3) is 11.8 Å². The van der Waals surface area contributed by atoms with Crippen molar-refractivity contribution < 1.29 is 28.6 Å². The van der Waals surface area contributed by atoms with Crippen molar-refractivity contribution in [2.45, 2.75) is 39.8 Å². The van der Waals surface area contributed by atoms with Gasteiger partial charge in [-0.15, -0.1) is 0 Å². The SMILES string of the molecule is CCOC(=O)C(C)Oc1ccc(C=NNC(=O)C(NC(=O)c2ccc(OC)cc2)C(C)C)cc1. The highest BCUT2D eigenvalue weighted by atomic mass is 16.6. The molecule has 2 unspecified atom stereocenters. The molecule has 0 aromatic heterocycles. The van der Waals surface area contributed by atoms with Gasteiger partial charge >= 0.3 is 5.97 Å². The number of esters is 1. The molecular formula is C25H31N3O6. The molecule has 0 saturated carbocycles. The molecule has 0 bridgehead atoms. The van der Waals surface area contributed by atoms with Gasteiger partial charge in [0.05, 0.1) is 19.9 Å². The van der Waals surface area contributed by atoms with Crippen LogP contribution in [0.15, 0.2) is 53.6 Å². The van der Waals surface area contributed by atoms with Crippen LogP contribution in [0.5, 0.6) is 11.5 Å². The fourth-order valence-corrected chi connectivity index (χ4v) is 2.89. The highest BCUT2D eigenvalue weighted by Crippen LogP contribution is 2.14. The second-order valence-electron chi connectivity index (χ2n) is 7.74. The third-order valence-electron chi connectivity index (χ3n) is 4.79. The van der Waals surface area contributed by atoms with E-state index in [0.29, 0.717) is 22.6 Å². The van der Waals surface area contributed by atoms with Gasteiger partial charge in [0.15, 0.2) is 6.10 Å². The topological polar surface area (TPSA) is 115 Å². The molecule has 182 valence electrons. The number of carbonyl (C=O) groups excluding carboxylic acids is 3. The van der Waals surface area contributed by atoms with Gasteiger partial charge in [-0.3, -0.25) is 9.59 Å². The first-order valence-corrected chi connectivity index (χ1v) is 11.0. The summed E-state index contributed by atoms with van der Waals surface area (Å²) in [5.74, 6) is -0.255. The quantitative estimate of drug-likeness (QED) is 0.297. The predicted molar refractivity (Wildman–Crippen MR) is 128 cm³/mol. The smallest absolute Gasteiger partial charge is 0.347 e. The van der Waals surface area contributed by atoms with Crippen LogP contribution in [0.3, 0.4) is 0 Å². The van der Waals surface area contributed by atoms with Crippen molar-refractivity contribution in [3.63, 3.8) is 0 Å².